The Hall–Kier alpha value is -3.65. The Kier molecular flexibility index (Phi) is 7.40. The average Bonchev–Trinajstić information content (AvgIpc) is 2.77. The lowest BCUT2D eigenvalue weighted by molar-refractivity contribution is 0.101. The SMILES string of the molecule is CCOc1cc(NC(=O)c2ccccc2Cl)c(OCC)cc1NC(=O)c1cnccn1. The Morgan fingerprint density at radius 3 is 2.10 bits per heavy atom. The molecule has 1 heterocycles. The van der Waals surface area contributed by atoms with E-state index < -0.39 is 11.8 Å². The van der Waals surface area contributed by atoms with Gasteiger partial charge in [0.2, 0.25) is 0 Å². The molecule has 0 bridgehead atoms. The van der Waals surface area contributed by atoms with Crippen LogP contribution in [0.2, 0.25) is 5.02 Å². The van der Waals surface area contributed by atoms with E-state index in [-0.39, 0.29) is 5.69 Å². The quantitative estimate of drug-likeness (QED) is 0.537. The van der Waals surface area contributed by atoms with E-state index in [2.05, 4.69) is 20.6 Å². The highest BCUT2D eigenvalue weighted by Gasteiger charge is 2.18. The summed E-state index contributed by atoms with van der Waals surface area (Å²) in [6.07, 6.45) is 4.26. The van der Waals surface area contributed by atoms with Gasteiger partial charge in [0.25, 0.3) is 11.8 Å². The summed E-state index contributed by atoms with van der Waals surface area (Å²) in [5.74, 6) is -0.131. The van der Waals surface area contributed by atoms with Crippen molar-refractivity contribution in [3.63, 3.8) is 0 Å². The second-order valence-corrected chi connectivity index (χ2v) is 6.60. The number of amides is 2. The standard InChI is InChI=1S/C22H21ClN4O4/c1-3-30-19-12-17(27-22(29)18-13-24-9-10-25-18)20(31-4-2)11-16(19)26-21(28)14-7-5-6-8-15(14)23/h5-13H,3-4H2,1-2H3,(H,26,28)(H,27,29). The minimum absolute atomic E-state index is 0.152. The number of rotatable bonds is 8. The zero-order valence-corrected chi connectivity index (χ0v) is 17.8. The predicted molar refractivity (Wildman–Crippen MR) is 118 cm³/mol. The fraction of sp³-hybridized carbons (Fsp3) is 0.182. The molecule has 2 amide bonds. The number of aromatic nitrogens is 2. The van der Waals surface area contributed by atoms with Gasteiger partial charge in [-0.2, -0.15) is 0 Å². The molecule has 1 aromatic heterocycles. The number of ether oxygens (including phenoxy) is 2. The van der Waals surface area contributed by atoms with Crippen LogP contribution in [-0.2, 0) is 0 Å². The van der Waals surface area contributed by atoms with Gasteiger partial charge in [0.1, 0.15) is 17.2 Å². The molecule has 0 atom stereocenters. The maximum absolute atomic E-state index is 12.7. The molecule has 8 nitrogen and oxygen atoms in total. The molecule has 9 heteroatoms. The van der Waals surface area contributed by atoms with Gasteiger partial charge in [-0.25, -0.2) is 4.98 Å². The molecule has 31 heavy (non-hydrogen) atoms. The Labute approximate surface area is 184 Å². The van der Waals surface area contributed by atoms with Crippen LogP contribution in [0, 0.1) is 0 Å². The smallest absolute Gasteiger partial charge is 0.275 e. The molecule has 3 rings (SSSR count). The van der Waals surface area contributed by atoms with Gasteiger partial charge in [0.05, 0.1) is 41.4 Å². The van der Waals surface area contributed by atoms with E-state index in [1.165, 1.54) is 18.6 Å². The summed E-state index contributed by atoms with van der Waals surface area (Å²) < 4.78 is 11.4. The van der Waals surface area contributed by atoms with E-state index in [1.807, 2.05) is 13.8 Å². The lowest BCUT2D eigenvalue weighted by atomic mass is 10.2. The first-order valence-electron chi connectivity index (χ1n) is 9.60. The average molecular weight is 441 g/mol. The van der Waals surface area contributed by atoms with Crippen molar-refractivity contribution in [2.45, 2.75) is 13.8 Å². The summed E-state index contributed by atoms with van der Waals surface area (Å²) in [6.45, 7) is 4.32. The molecule has 0 aliphatic heterocycles. The number of nitrogens with zero attached hydrogens (tertiary/aromatic N) is 2. The van der Waals surface area contributed by atoms with Gasteiger partial charge in [-0.1, -0.05) is 23.7 Å². The minimum atomic E-state index is -0.454. The van der Waals surface area contributed by atoms with Crippen molar-refractivity contribution in [2.24, 2.45) is 0 Å². The third-order valence-electron chi connectivity index (χ3n) is 4.09. The van der Waals surface area contributed by atoms with Gasteiger partial charge in [-0.15, -0.1) is 0 Å². The van der Waals surface area contributed by atoms with Crippen LogP contribution in [0.4, 0.5) is 11.4 Å². The molecule has 0 unspecified atom stereocenters. The van der Waals surface area contributed by atoms with Gasteiger partial charge in [-0.05, 0) is 26.0 Å². The van der Waals surface area contributed by atoms with Crippen molar-refractivity contribution in [3.8, 4) is 11.5 Å². The van der Waals surface area contributed by atoms with Gasteiger partial charge in [0.15, 0.2) is 0 Å². The number of nitrogens with one attached hydrogen (secondary N) is 2. The molecule has 0 saturated carbocycles. The molecule has 0 aliphatic carbocycles. The summed E-state index contributed by atoms with van der Waals surface area (Å²) in [5, 5.41) is 5.88. The van der Waals surface area contributed by atoms with Gasteiger partial charge in [-0.3, -0.25) is 14.6 Å². The second-order valence-electron chi connectivity index (χ2n) is 6.19. The van der Waals surface area contributed by atoms with E-state index in [1.54, 1.807) is 36.4 Å². The van der Waals surface area contributed by atoms with E-state index in [9.17, 15) is 9.59 Å². The predicted octanol–water partition coefficient (Wildman–Crippen LogP) is 4.43. The third kappa shape index (κ3) is 5.49. The van der Waals surface area contributed by atoms with Crippen LogP contribution in [0.3, 0.4) is 0 Å². The van der Waals surface area contributed by atoms with Crippen LogP contribution in [0.5, 0.6) is 11.5 Å². The van der Waals surface area contributed by atoms with Gasteiger partial charge < -0.3 is 20.1 Å². The Morgan fingerprint density at radius 2 is 1.55 bits per heavy atom. The summed E-state index contributed by atoms with van der Waals surface area (Å²) in [6, 6.07) is 9.90. The summed E-state index contributed by atoms with van der Waals surface area (Å²) in [5.41, 5.74) is 1.23. The lowest BCUT2D eigenvalue weighted by Crippen LogP contribution is -2.16. The van der Waals surface area contributed by atoms with Gasteiger partial charge >= 0.3 is 0 Å². The minimum Gasteiger partial charge on any atom is -0.492 e. The second kappa shape index (κ2) is 10.4. The molecule has 2 aromatic carbocycles. The fourth-order valence-corrected chi connectivity index (χ4v) is 2.96. The molecule has 3 aromatic rings. The number of hydrogen-bond donors (Lipinski definition) is 2. The van der Waals surface area contributed by atoms with Crippen molar-refractivity contribution in [1.82, 2.24) is 9.97 Å². The first-order valence-corrected chi connectivity index (χ1v) is 9.98. The van der Waals surface area contributed by atoms with Crippen molar-refractivity contribution in [1.29, 1.82) is 0 Å². The first-order chi connectivity index (χ1) is 15.0. The lowest BCUT2D eigenvalue weighted by Gasteiger charge is -2.18. The van der Waals surface area contributed by atoms with Crippen molar-refractivity contribution < 1.29 is 19.1 Å². The molecule has 0 spiro atoms. The first kappa shape index (κ1) is 22.0. The highest BCUT2D eigenvalue weighted by atomic mass is 35.5. The largest absolute Gasteiger partial charge is 0.492 e. The summed E-state index contributed by atoms with van der Waals surface area (Å²) >= 11 is 6.13. The van der Waals surface area contributed by atoms with Crippen LogP contribution in [-0.4, -0.2) is 35.0 Å². The Bertz CT molecular complexity index is 1080. The fourth-order valence-electron chi connectivity index (χ4n) is 2.74. The highest BCUT2D eigenvalue weighted by Crippen LogP contribution is 2.37. The van der Waals surface area contributed by atoms with Crippen LogP contribution >= 0.6 is 11.6 Å². The molecule has 0 fully saturated rings. The molecule has 160 valence electrons. The van der Waals surface area contributed by atoms with Crippen LogP contribution in [0.25, 0.3) is 0 Å². The molecule has 0 radical (unpaired) electrons. The molecular weight excluding hydrogens is 420 g/mol. The van der Waals surface area contributed by atoms with Gasteiger partial charge in [0, 0.05) is 24.5 Å². The highest BCUT2D eigenvalue weighted by molar-refractivity contribution is 6.34. The zero-order chi connectivity index (χ0) is 22.2. The number of halogens is 1. The Balaban J connectivity index is 1.94. The van der Waals surface area contributed by atoms with Crippen molar-refractivity contribution >= 4 is 34.8 Å². The maximum Gasteiger partial charge on any atom is 0.275 e. The van der Waals surface area contributed by atoms with Crippen LogP contribution in [0.1, 0.15) is 34.7 Å². The van der Waals surface area contributed by atoms with Crippen LogP contribution in [0.15, 0.2) is 55.0 Å². The van der Waals surface area contributed by atoms with E-state index >= 15 is 0 Å². The van der Waals surface area contributed by atoms with Crippen molar-refractivity contribution in [3.05, 3.63) is 71.3 Å². The normalized spacial score (nSPS) is 10.3. The van der Waals surface area contributed by atoms with E-state index in [0.29, 0.717) is 46.7 Å². The van der Waals surface area contributed by atoms with Crippen LogP contribution < -0.4 is 20.1 Å². The monoisotopic (exact) mass is 440 g/mol. The summed E-state index contributed by atoms with van der Waals surface area (Å²) in [7, 11) is 0. The van der Waals surface area contributed by atoms with E-state index in [4.69, 9.17) is 21.1 Å². The third-order valence-corrected chi connectivity index (χ3v) is 4.42. The number of hydrogen-bond acceptors (Lipinski definition) is 6. The zero-order valence-electron chi connectivity index (χ0n) is 17.0. The Morgan fingerprint density at radius 1 is 0.935 bits per heavy atom. The number of benzene rings is 2. The maximum atomic E-state index is 12.7. The molecule has 0 aliphatic rings. The van der Waals surface area contributed by atoms with Crippen molar-refractivity contribution in [2.75, 3.05) is 23.8 Å². The number of carbonyl (C=O) groups is 2. The number of carbonyl (C=O) groups excluding carboxylic acids is 2. The number of anilines is 2. The van der Waals surface area contributed by atoms with E-state index in [0.717, 1.165) is 0 Å². The molecular formula is C22H21ClN4O4. The molecule has 2 N–H and O–H groups in total. The summed E-state index contributed by atoms with van der Waals surface area (Å²) in [4.78, 5) is 33.2. The topological polar surface area (TPSA) is 102 Å². The molecule has 0 saturated heterocycles.